The van der Waals surface area contributed by atoms with Crippen LogP contribution in [0, 0.1) is 0 Å². The molecule has 0 saturated carbocycles. The summed E-state index contributed by atoms with van der Waals surface area (Å²) in [5.41, 5.74) is 3.54. The van der Waals surface area contributed by atoms with E-state index in [0.29, 0.717) is 10.6 Å². The molecule has 0 spiro atoms. The Kier molecular flexibility index (Phi) is 4.41. The van der Waals surface area contributed by atoms with E-state index < -0.39 is 0 Å². The van der Waals surface area contributed by atoms with Gasteiger partial charge in [0.15, 0.2) is 0 Å². The molecule has 0 aliphatic heterocycles. The number of hydrogen-bond donors (Lipinski definition) is 2. The van der Waals surface area contributed by atoms with Crippen molar-refractivity contribution in [3.8, 4) is 0 Å². The molecule has 0 atom stereocenters. The normalized spacial score (nSPS) is 11.7. The fourth-order valence-electron chi connectivity index (χ4n) is 1.41. The van der Waals surface area contributed by atoms with Crippen molar-refractivity contribution in [3.05, 3.63) is 58.3 Å². The number of nitrogens with one attached hydrogen (secondary N) is 1. The Bertz CT molecular complexity index is 592. The highest BCUT2D eigenvalue weighted by molar-refractivity contribution is 7.12. The quantitative estimate of drug-likeness (QED) is 0.510. The maximum Gasteiger partial charge on any atom is 0.281 e. The summed E-state index contributed by atoms with van der Waals surface area (Å²) in [5.74, 6) is -0.297. The number of carbonyl (C=O) groups excluding carboxylic acids is 1. The molecular weight excluding hydrogens is 262 g/mol. The van der Waals surface area contributed by atoms with Crippen LogP contribution in [0.1, 0.15) is 15.2 Å². The maximum absolute atomic E-state index is 11.7. The van der Waals surface area contributed by atoms with E-state index in [-0.39, 0.29) is 5.91 Å². The zero-order chi connectivity index (χ0) is 13.5. The Labute approximate surface area is 113 Å². The third kappa shape index (κ3) is 3.49. The standard InChI is InChI=1S/C13H11N3O2S/c17-13(12-7-4-8-19-12)16-15-11(9-14-18)10-5-2-1-3-6-10/h1-9,18H,(H,16,17). The van der Waals surface area contributed by atoms with E-state index in [9.17, 15) is 4.79 Å². The number of carbonyl (C=O) groups is 1. The number of hydrazone groups is 1. The summed E-state index contributed by atoms with van der Waals surface area (Å²) in [6.07, 6.45) is 1.17. The summed E-state index contributed by atoms with van der Waals surface area (Å²) in [5, 5.41) is 17.3. The second-order valence-electron chi connectivity index (χ2n) is 3.53. The molecule has 6 heteroatoms. The van der Waals surface area contributed by atoms with Gasteiger partial charge in [-0.2, -0.15) is 5.10 Å². The van der Waals surface area contributed by atoms with Gasteiger partial charge in [-0.1, -0.05) is 41.6 Å². The third-order valence-corrected chi connectivity index (χ3v) is 3.14. The van der Waals surface area contributed by atoms with Crippen LogP contribution in [0.3, 0.4) is 0 Å². The molecular formula is C13H11N3O2S. The van der Waals surface area contributed by atoms with Crippen LogP contribution in [0.2, 0.25) is 0 Å². The summed E-state index contributed by atoms with van der Waals surface area (Å²) >= 11 is 1.33. The minimum Gasteiger partial charge on any atom is -0.411 e. The zero-order valence-electron chi connectivity index (χ0n) is 9.85. The number of benzene rings is 1. The first-order valence-corrected chi connectivity index (χ1v) is 6.33. The molecule has 0 bridgehead atoms. The van der Waals surface area contributed by atoms with Crippen molar-refractivity contribution < 1.29 is 10.0 Å². The number of nitrogens with zero attached hydrogens (tertiary/aromatic N) is 2. The van der Waals surface area contributed by atoms with Crippen molar-refractivity contribution in [2.75, 3.05) is 0 Å². The van der Waals surface area contributed by atoms with E-state index in [1.807, 2.05) is 23.6 Å². The van der Waals surface area contributed by atoms with Gasteiger partial charge in [0.05, 0.1) is 11.1 Å². The van der Waals surface area contributed by atoms with Crippen molar-refractivity contribution in [3.63, 3.8) is 0 Å². The van der Waals surface area contributed by atoms with Crippen LogP contribution in [0.25, 0.3) is 0 Å². The zero-order valence-corrected chi connectivity index (χ0v) is 10.7. The average molecular weight is 273 g/mol. The van der Waals surface area contributed by atoms with Crippen LogP contribution < -0.4 is 5.43 Å². The Hall–Kier alpha value is -2.47. The Morgan fingerprint density at radius 1 is 1.21 bits per heavy atom. The molecule has 19 heavy (non-hydrogen) atoms. The smallest absolute Gasteiger partial charge is 0.281 e. The Morgan fingerprint density at radius 3 is 2.63 bits per heavy atom. The number of amides is 1. The fraction of sp³-hybridized carbons (Fsp3) is 0. The summed E-state index contributed by atoms with van der Waals surface area (Å²) in [6, 6.07) is 12.6. The predicted octanol–water partition coefficient (Wildman–Crippen LogP) is 2.34. The SMILES string of the molecule is O=C(NN=C(C=NO)c1ccccc1)c1cccs1. The monoisotopic (exact) mass is 273 g/mol. The molecule has 1 aromatic carbocycles. The average Bonchev–Trinajstić information content (AvgIpc) is 2.98. The van der Waals surface area contributed by atoms with Crippen molar-refractivity contribution in [2.45, 2.75) is 0 Å². The van der Waals surface area contributed by atoms with Crippen molar-refractivity contribution >= 4 is 29.2 Å². The molecule has 1 heterocycles. The van der Waals surface area contributed by atoms with E-state index in [1.165, 1.54) is 17.6 Å². The molecule has 2 rings (SSSR count). The minimum atomic E-state index is -0.297. The van der Waals surface area contributed by atoms with Crippen molar-refractivity contribution in [1.82, 2.24) is 5.43 Å². The lowest BCUT2D eigenvalue weighted by molar-refractivity contribution is 0.0959. The highest BCUT2D eigenvalue weighted by atomic mass is 32.1. The summed E-state index contributed by atoms with van der Waals surface area (Å²) in [4.78, 5) is 12.3. The van der Waals surface area contributed by atoms with Gasteiger partial charge in [0.1, 0.15) is 5.71 Å². The number of rotatable bonds is 4. The molecule has 2 aromatic rings. The van der Waals surface area contributed by atoms with Crippen molar-refractivity contribution in [2.24, 2.45) is 10.3 Å². The van der Waals surface area contributed by atoms with Gasteiger partial charge in [-0.25, -0.2) is 5.43 Å². The fourth-order valence-corrected chi connectivity index (χ4v) is 2.02. The molecule has 1 aromatic heterocycles. The van der Waals surface area contributed by atoms with Crippen molar-refractivity contribution in [1.29, 1.82) is 0 Å². The lowest BCUT2D eigenvalue weighted by atomic mass is 10.1. The molecule has 0 saturated heterocycles. The van der Waals surface area contributed by atoms with E-state index in [2.05, 4.69) is 15.7 Å². The predicted molar refractivity (Wildman–Crippen MR) is 75.0 cm³/mol. The van der Waals surface area contributed by atoms with Gasteiger partial charge < -0.3 is 5.21 Å². The molecule has 0 fully saturated rings. The lowest BCUT2D eigenvalue weighted by Gasteiger charge is -2.01. The van der Waals surface area contributed by atoms with Crippen LogP contribution in [0.5, 0.6) is 0 Å². The Balaban J connectivity index is 2.16. The van der Waals surface area contributed by atoms with Crippen LogP contribution in [0.4, 0.5) is 0 Å². The first-order chi connectivity index (χ1) is 9.31. The number of thiophene rings is 1. The van der Waals surface area contributed by atoms with Crippen LogP contribution >= 0.6 is 11.3 Å². The van der Waals surface area contributed by atoms with E-state index >= 15 is 0 Å². The maximum atomic E-state index is 11.7. The molecule has 5 nitrogen and oxygen atoms in total. The van der Waals surface area contributed by atoms with E-state index in [4.69, 9.17) is 5.21 Å². The second kappa shape index (κ2) is 6.46. The van der Waals surface area contributed by atoms with Gasteiger partial charge in [0.25, 0.3) is 5.91 Å². The minimum absolute atomic E-state index is 0.297. The van der Waals surface area contributed by atoms with Gasteiger partial charge in [-0.3, -0.25) is 4.79 Å². The lowest BCUT2D eigenvalue weighted by Crippen LogP contribution is -2.19. The van der Waals surface area contributed by atoms with Crippen LogP contribution in [-0.2, 0) is 0 Å². The van der Waals surface area contributed by atoms with Gasteiger partial charge >= 0.3 is 0 Å². The van der Waals surface area contributed by atoms with E-state index in [0.717, 1.165) is 5.56 Å². The van der Waals surface area contributed by atoms with E-state index in [1.54, 1.807) is 24.3 Å². The molecule has 0 unspecified atom stereocenters. The first kappa shape index (κ1) is 13.0. The number of oxime groups is 1. The molecule has 0 aliphatic rings. The largest absolute Gasteiger partial charge is 0.411 e. The number of hydrogen-bond acceptors (Lipinski definition) is 5. The first-order valence-electron chi connectivity index (χ1n) is 5.45. The van der Waals surface area contributed by atoms with Gasteiger partial charge in [0.2, 0.25) is 0 Å². The molecule has 0 aliphatic carbocycles. The second-order valence-corrected chi connectivity index (χ2v) is 4.47. The molecule has 96 valence electrons. The van der Waals surface area contributed by atoms with Crippen LogP contribution in [-0.4, -0.2) is 23.0 Å². The topological polar surface area (TPSA) is 74.0 Å². The molecule has 1 amide bonds. The van der Waals surface area contributed by atoms with Gasteiger partial charge in [-0.05, 0) is 11.4 Å². The molecule has 0 radical (unpaired) electrons. The molecule has 2 N–H and O–H groups in total. The summed E-state index contributed by atoms with van der Waals surface area (Å²) < 4.78 is 0. The van der Waals surface area contributed by atoms with Gasteiger partial charge in [-0.15, -0.1) is 11.3 Å². The van der Waals surface area contributed by atoms with Gasteiger partial charge in [0, 0.05) is 5.56 Å². The summed E-state index contributed by atoms with van der Waals surface area (Å²) in [7, 11) is 0. The highest BCUT2D eigenvalue weighted by Gasteiger charge is 2.06. The highest BCUT2D eigenvalue weighted by Crippen LogP contribution is 2.07. The summed E-state index contributed by atoms with van der Waals surface area (Å²) in [6.45, 7) is 0. The Morgan fingerprint density at radius 2 is 2.00 bits per heavy atom. The third-order valence-electron chi connectivity index (χ3n) is 2.27. The van der Waals surface area contributed by atoms with Crippen LogP contribution in [0.15, 0.2) is 58.1 Å².